The molecule has 1 heterocycles. The first-order chi connectivity index (χ1) is 6.72. The lowest BCUT2D eigenvalue weighted by Crippen LogP contribution is -1.85. The number of halogens is 2. The van der Waals surface area contributed by atoms with Crippen LogP contribution in [0.5, 0.6) is 5.75 Å². The molecular weight excluding hydrogens is 221 g/mol. The molecule has 0 aliphatic rings. The van der Waals surface area contributed by atoms with Gasteiger partial charge >= 0.3 is 0 Å². The van der Waals surface area contributed by atoms with E-state index in [1.165, 1.54) is 6.20 Å². The van der Waals surface area contributed by atoms with Crippen LogP contribution in [0, 0.1) is 0 Å². The van der Waals surface area contributed by atoms with Gasteiger partial charge in [-0.15, -0.1) is 0 Å². The molecule has 0 bridgehead atoms. The van der Waals surface area contributed by atoms with Crippen LogP contribution in [0.4, 0.5) is 0 Å². The summed E-state index contributed by atoms with van der Waals surface area (Å²) in [5, 5.41) is 1.82. The number of methoxy groups -OCH3 is 1. The molecule has 0 fully saturated rings. The molecule has 2 aromatic rings. The Morgan fingerprint density at radius 2 is 2.07 bits per heavy atom. The van der Waals surface area contributed by atoms with Gasteiger partial charge in [0.15, 0.2) is 0 Å². The van der Waals surface area contributed by atoms with Crippen LogP contribution in [0.2, 0.25) is 10.0 Å². The van der Waals surface area contributed by atoms with Crippen LogP contribution in [0.25, 0.3) is 10.9 Å². The summed E-state index contributed by atoms with van der Waals surface area (Å²) in [6.07, 6.45) is 1.53. The number of ether oxygens (including phenoxy) is 1. The van der Waals surface area contributed by atoms with Crippen LogP contribution >= 0.6 is 23.2 Å². The summed E-state index contributed by atoms with van der Waals surface area (Å²) in [7, 11) is 1.61. The number of fused-ring (bicyclic) bond motifs is 1. The van der Waals surface area contributed by atoms with Gasteiger partial charge in [0.2, 0.25) is 0 Å². The van der Waals surface area contributed by atoms with Gasteiger partial charge in [0.1, 0.15) is 5.75 Å². The van der Waals surface area contributed by atoms with Crippen LogP contribution in [0.15, 0.2) is 24.4 Å². The molecule has 0 aliphatic carbocycles. The van der Waals surface area contributed by atoms with Gasteiger partial charge in [0, 0.05) is 17.6 Å². The topological polar surface area (TPSA) is 22.1 Å². The lowest BCUT2D eigenvalue weighted by Gasteiger charge is -2.03. The van der Waals surface area contributed by atoms with Crippen LogP contribution in [-0.2, 0) is 0 Å². The highest BCUT2D eigenvalue weighted by molar-refractivity contribution is 6.45. The second-order valence-corrected chi connectivity index (χ2v) is 3.59. The molecule has 2 nitrogen and oxygen atoms in total. The number of hydrogen-bond donors (Lipinski definition) is 0. The monoisotopic (exact) mass is 227 g/mol. The third kappa shape index (κ3) is 1.51. The molecule has 0 saturated heterocycles. The molecule has 14 heavy (non-hydrogen) atoms. The lowest BCUT2D eigenvalue weighted by molar-refractivity contribution is 0.415. The predicted molar refractivity (Wildman–Crippen MR) is 58.3 cm³/mol. The average molecular weight is 228 g/mol. The van der Waals surface area contributed by atoms with E-state index in [9.17, 15) is 0 Å². The molecule has 0 unspecified atom stereocenters. The van der Waals surface area contributed by atoms with Gasteiger partial charge in [-0.2, -0.15) is 0 Å². The van der Waals surface area contributed by atoms with Crippen LogP contribution in [-0.4, -0.2) is 12.1 Å². The van der Waals surface area contributed by atoms with Crippen molar-refractivity contribution in [3.05, 3.63) is 34.4 Å². The van der Waals surface area contributed by atoms with E-state index in [-0.39, 0.29) is 0 Å². The molecular formula is C10H7Cl2NO. The van der Waals surface area contributed by atoms with Crippen molar-refractivity contribution in [2.45, 2.75) is 0 Å². The van der Waals surface area contributed by atoms with Crippen molar-refractivity contribution in [1.82, 2.24) is 4.98 Å². The Morgan fingerprint density at radius 1 is 1.29 bits per heavy atom. The molecule has 2 rings (SSSR count). The Bertz CT molecular complexity index is 485. The predicted octanol–water partition coefficient (Wildman–Crippen LogP) is 3.55. The van der Waals surface area contributed by atoms with Crippen molar-refractivity contribution in [2.75, 3.05) is 7.11 Å². The van der Waals surface area contributed by atoms with E-state index in [0.29, 0.717) is 10.0 Å². The molecule has 0 amide bonds. The molecule has 72 valence electrons. The molecule has 0 spiro atoms. The maximum Gasteiger partial charge on any atom is 0.121 e. The largest absolute Gasteiger partial charge is 0.497 e. The smallest absolute Gasteiger partial charge is 0.121 e. The minimum atomic E-state index is 0.462. The highest BCUT2D eigenvalue weighted by atomic mass is 35.5. The van der Waals surface area contributed by atoms with Crippen molar-refractivity contribution >= 4 is 34.1 Å². The van der Waals surface area contributed by atoms with E-state index < -0.39 is 0 Å². The molecule has 4 heteroatoms. The second kappa shape index (κ2) is 3.64. The van der Waals surface area contributed by atoms with Gasteiger partial charge in [-0.3, -0.25) is 4.98 Å². The van der Waals surface area contributed by atoms with Crippen LogP contribution in [0.1, 0.15) is 0 Å². The summed E-state index contributed by atoms with van der Waals surface area (Å²) in [5.74, 6) is 0.753. The Labute approximate surface area is 91.4 Å². The summed E-state index contributed by atoms with van der Waals surface area (Å²) in [6, 6.07) is 5.49. The summed E-state index contributed by atoms with van der Waals surface area (Å²) < 4.78 is 5.08. The summed E-state index contributed by atoms with van der Waals surface area (Å²) >= 11 is 11.8. The SMILES string of the molecule is COc1ccc2c(Cl)c(Cl)cnc2c1. The van der Waals surface area contributed by atoms with E-state index in [0.717, 1.165) is 16.7 Å². The lowest BCUT2D eigenvalue weighted by atomic mass is 10.2. The number of rotatable bonds is 1. The average Bonchev–Trinajstić information content (AvgIpc) is 2.23. The fourth-order valence-electron chi connectivity index (χ4n) is 1.24. The highest BCUT2D eigenvalue weighted by Gasteiger charge is 2.05. The molecule has 0 radical (unpaired) electrons. The first-order valence-corrected chi connectivity index (χ1v) is 4.75. The quantitative estimate of drug-likeness (QED) is 0.744. The van der Waals surface area contributed by atoms with Crippen molar-refractivity contribution in [3.63, 3.8) is 0 Å². The number of hydrogen-bond acceptors (Lipinski definition) is 2. The fraction of sp³-hybridized carbons (Fsp3) is 0.100. The molecule has 0 aliphatic heterocycles. The van der Waals surface area contributed by atoms with E-state index in [1.807, 2.05) is 18.2 Å². The molecule has 0 atom stereocenters. The van der Waals surface area contributed by atoms with Gasteiger partial charge in [0.25, 0.3) is 0 Å². The number of pyridine rings is 1. The fourth-order valence-corrected chi connectivity index (χ4v) is 1.60. The number of aromatic nitrogens is 1. The Hall–Kier alpha value is -0.990. The van der Waals surface area contributed by atoms with Crippen LogP contribution in [0.3, 0.4) is 0 Å². The zero-order valence-electron chi connectivity index (χ0n) is 7.42. The zero-order chi connectivity index (χ0) is 10.1. The molecule has 1 aromatic carbocycles. The number of nitrogens with zero attached hydrogens (tertiary/aromatic N) is 1. The maximum atomic E-state index is 6.01. The van der Waals surface area contributed by atoms with Gasteiger partial charge in [-0.05, 0) is 12.1 Å². The first kappa shape index (κ1) is 9.56. The minimum absolute atomic E-state index is 0.462. The van der Waals surface area contributed by atoms with Crippen molar-refractivity contribution < 1.29 is 4.74 Å². The van der Waals surface area contributed by atoms with Gasteiger partial charge in [-0.1, -0.05) is 23.2 Å². The molecule has 1 aromatic heterocycles. The van der Waals surface area contributed by atoms with Crippen LogP contribution < -0.4 is 4.74 Å². The maximum absolute atomic E-state index is 6.01. The highest BCUT2D eigenvalue weighted by Crippen LogP contribution is 2.30. The zero-order valence-corrected chi connectivity index (χ0v) is 8.93. The Kier molecular flexibility index (Phi) is 2.48. The Balaban J connectivity index is 2.74. The normalized spacial score (nSPS) is 10.5. The standard InChI is InChI=1S/C10H7Cl2NO/c1-14-6-2-3-7-9(4-6)13-5-8(11)10(7)12/h2-5H,1H3. The third-order valence-electron chi connectivity index (χ3n) is 1.97. The van der Waals surface area contributed by atoms with E-state index in [4.69, 9.17) is 27.9 Å². The van der Waals surface area contributed by atoms with Gasteiger partial charge in [-0.25, -0.2) is 0 Å². The van der Waals surface area contributed by atoms with Gasteiger partial charge in [0.05, 0.1) is 22.7 Å². The summed E-state index contributed by atoms with van der Waals surface area (Å²) in [4.78, 5) is 4.15. The minimum Gasteiger partial charge on any atom is -0.497 e. The van der Waals surface area contributed by atoms with E-state index in [2.05, 4.69) is 4.98 Å². The van der Waals surface area contributed by atoms with Gasteiger partial charge < -0.3 is 4.74 Å². The van der Waals surface area contributed by atoms with E-state index >= 15 is 0 Å². The van der Waals surface area contributed by atoms with Crippen molar-refractivity contribution in [3.8, 4) is 5.75 Å². The van der Waals surface area contributed by atoms with E-state index in [1.54, 1.807) is 7.11 Å². The first-order valence-electron chi connectivity index (χ1n) is 4.00. The second-order valence-electron chi connectivity index (χ2n) is 2.80. The molecule has 0 N–H and O–H groups in total. The summed E-state index contributed by atoms with van der Waals surface area (Å²) in [6.45, 7) is 0. The molecule has 0 saturated carbocycles. The number of benzene rings is 1. The third-order valence-corrected chi connectivity index (χ3v) is 2.76. The summed E-state index contributed by atoms with van der Waals surface area (Å²) in [5.41, 5.74) is 0.777. The van der Waals surface area contributed by atoms with Crippen molar-refractivity contribution in [1.29, 1.82) is 0 Å². The Morgan fingerprint density at radius 3 is 2.79 bits per heavy atom. The van der Waals surface area contributed by atoms with Crippen molar-refractivity contribution in [2.24, 2.45) is 0 Å².